The summed E-state index contributed by atoms with van der Waals surface area (Å²) >= 11 is 0. The van der Waals surface area contributed by atoms with Crippen LogP contribution in [-0.4, -0.2) is 19.4 Å². The molecule has 0 amide bonds. The fourth-order valence-electron chi connectivity index (χ4n) is 4.63. The van der Waals surface area contributed by atoms with Crippen LogP contribution in [0.25, 0.3) is 0 Å². The Balaban J connectivity index is 3.35. The fourth-order valence-corrected chi connectivity index (χ4v) is 4.63. The minimum Gasteiger partial charge on any atom is -0.434 e. The van der Waals surface area contributed by atoms with E-state index in [0.717, 1.165) is 51.4 Å². The molecule has 0 heterocycles. The average molecular weight is 585 g/mol. The van der Waals surface area contributed by atoms with Crippen molar-refractivity contribution in [2.75, 3.05) is 13.2 Å². The molecule has 0 aromatic rings. The predicted octanol–water partition coefficient (Wildman–Crippen LogP) is 13.3. The Morgan fingerprint density at radius 1 is 0.381 bits per heavy atom. The van der Waals surface area contributed by atoms with Crippen molar-refractivity contribution >= 4 is 6.16 Å². The van der Waals surface area contributed by atoms with E-state index < -0.39 is 6.16 Å². The highest BCUT2D eigenvalue weighted by Crippen LogP contribution is 2.10. The third-order valence-electron chi connectivity index (χ3n) is 7.32. The molecule has 3 heteroatoms. The van der Waals surface area contributed by atoms with E-state index in [2.05, 4.69) is 74.6 Å². The normalized spacial score (nSPS) is 12.2. The van der Waals surface area contributed by atoms with Gasteiger partial charge in [-0.3, -0.25) is 0 Å². The average Bonchev–Trinajstić information content (AvgIpc) is 3.00. The maximum atomic E-state index is 11.7. The molecule has 0 unspecified atom stereocenters. The van der Waals surface area contributed by atoms with Crippen LogP contribution in [-0.2, 0) is 9.47 Å². The van der Waals surface area contributed by atoms with E-state index in [1.54, 1.807) is 0 Å². The molecule has 0 saturated heterocycles. The molecule has 0 saturated carbocycles. The van der Waals surface area contributed by atoms with Crippen LogP contribution < -0.4 is 0 Å². The first-order valence-corrected chi connectivity index (χ1v) is 17.9. The lowest BCUT2D eigenvalue weighted by Crippen LogP contribution is -2.09. The zero-order chi connectivity index (χ0) is 30.4. The number of allylic oxidation sites excluding steroid dienone is 10. The largest absolute Gasteiger partial charge is 0.508 e. The highest BCUT2D eigenvalue weighted by atomic mass is 16.7. The Hall–Kier alpha value is -2.03. The summed E-state index contributed by atoms with van der Waals surface area (Å²) < 4.78 is 10.4. The number of carbonyl (C=O) groups is 1. The van der Waals surface area contributed by atoms with Gasteiger partial charge in [-0.25, -0.2) is 4.79 Å². The van der Waals surface area contributed by atoms with Crippen LogP contribution >= 0.6 is 0 Å². The van der Waals surface area contributed by atoms with Gasteiger partial charge < -0.3 is 9.47 Å². The summed E-state index contributed by atoms with van der Waals surface area (Å²) in [4.78, 5) is 11.7. The summed E-state index contributed by atoms with van der Waals surface area (Å²) in [5.41, 5.74) is 0. The van der Waals surface area contributed by atoms with Gasteiger partial charge >= 0.3 is 6.16 Å². The first kappa shape index (κ1) is 40.0. The van der Waals surface area contributed by atoms with Gasteiger partial charge in [-0.15, -0.1) is 0 Å². The van der Waals surface area contributed by atoms with Crippen molar-refractivity contribution in [2.24, 2.45) is 0 Å². The Labute approximate surface area is 262 Å². The van der Waals surface area contributed by atoms with Gasteiger partial charge in [0.15, 0.2) is 0 Å². The summed E-state index contributed by atoms with van der Waals surface area (Å²) in [5, 5.41) is 0. The monoisotopic (exact) mass is 585 g/mol. The third-order valence-corrected chi connectivity index (χ3v) is 7.32. The van der Waals surface area contributed by atoms with Gasteiger partial charge in [0.05, 0.1) is 13.2 Å². The van der Waals surface area contributed by atoms with Crippen LogP contribution in [0.1, 0.15) is 168 Å². The first-order valence-electron chi connectivity index (χ1n) is 17.9. The van der Waals surface area contributed by atoms with Gasteiger partial charge in [-0.1, -0.05) is 145 Å². The Morgan fingerprint density at radius 2 is 0.667 bits per heavy atom. The van der Waals surface area contributed by atoms with Crippen LogP contribution in [0, 0.1) is 0 Å². The summed E-state index contributed by atoms with van der Waals surface area (Å²) in [5.74, 6) is 0. The molecule has 0 radical (unpaired) electrons. The number of hydrogen-bond donors (Lipinski definition) is 0. The lowest BCUT2D eigenvalue weighted by atomic mass is 10.1. The second-order valence-corrected chi connectivity index (χ2v) is 11.5. The van der Waals surface area contributed by atoms with Crippen molar-refractivity contribution < 1.29 is 14.3 Å². The molecule has 0 spiro atoms. The first-order chi connectivity index (χ1) is 20.8. The molecule has 42 heavy (non-hydrogen) atoms. The number of hydrogen-bond acceptors (Lipinski definition) is 3. The van der Waals surface area contributed by atoms with Gasteiger partial charge in [0.2, 0.25) is 0 Å². The number of rotatable bonds is 31. The summed E-state index contributed by atoms with van der Waals surface area (Å²) in [6.45, 7) is 5.44. The Morgan fingerprint density at radius 3 is 1.14 bits per heavy atom. The molecule has 0 bridgehead atoms. The molecule has 0 aliphatic carbocycles. The minimum atomic E-state index is -0.513. The van der Waals surface area contributed by atoms with E-state index in [9.17, 15) is 4.79 Å². The summed E-state index contributed by atoms with van der Waals surface area (Å²) in [7, 11) is 0. The zero-order valence-electron chi connectivity index (χ0n) is 27.9. The van der Waals surface area contributed by atoms with Crippen LogP contribution in [0.5, 0.6) is 0 Å². The quantitative estimate of drug-likeness (QED) is 0.0462. The van der Waals surface area contributed by atoms with E-state index in [1.807, 2.05) is 0 Å². The maximum absolute atomic E-state index is 11.7. The zero-order valence-corrected chi connectivity index (χ0v) is 27.9. The number of carbonyl (C=O) groups excluding carboxylic acids is 1. The Kier molecular flexibility index (Phi) is 35.2. The molecule has 0 rings (SSSR count). The van der Waals surface area contributed by atoms with E-state index in [-0.39, 0.29) is 0 Å². The topological polar surface area (TPSA) is 35.5 Å². The molecular weight excluding hydrogens is 516 g/mol. The summed E-state index contributed by atoms with van der Waals surface area (Å²) in [6.07, 6.45) is 51.1. The van der Waals surface area contributed by atoms with Crippen LogP contribution in [0.3, 0.4) is 0 Å². The van der Waals surface area contributed by atoms with Crippen LogP contribution in [0.2, 0.25) is 0 Å². The van der Waals surface area contributed by atoms with Crippen molar-refractivity contribution in [3.8, 4) is 0 Å². The van der Waals surface area contributed by atoms with Crippen molar-refractivity contribution in [1.82, 2.24) is 0 Å². The molecular formula is C39H68O3. The van der Waals surface area contributed by atoms with Crippen molar-refractivity contribution in [1.29, 1.82) is 0 Å². The molecule has 0 atom stereocenters. The highest BCUT2D eigenvalue weighted by molar-refractivity contribution is 5.59. The van der Waals surface area contributed by atoms with Gasteiger partial charge in [-0.05, 0) is 83.5 Å². The van der Waals surface area contributed by atoms with Gasteiger partial charge in [-0.2, -0.15) is 0 Å². The van der Waals surface area contributed by atoms with Crippen LogP contribution in [0.4, 0.5) is 4.79 Å². The molecule has 0 aromatic carbocycles. The second-order valence-electron chi connectivity index (χ2n) is 11.5. The molecule has 3 nitrogen and oxygen atoms in total. The molecule has 0 fully saturated rings. The van der Waals surface area contributed by atoms with E-state index in [0.29, 0.717) is 13.2 Å². The second kappa shape index (κ2) is 37.0. The fraction of sp³-hybridized carbons (Fsp3) is 0.718. The third kappa shape index (κ3) is 36.0. The minimum absolute atomic E-state index is 0.445. The van der Waals surface area contributed by atoms with E-state index in [4.69, 9.17) is 9.47 Å². The smallest absolute Gasteiger partial charge is 0.434 e. The molecule has 0 aliphatic heterocycles. The number of unbranched alkanes of at least 4 members (excludes halogenated alkanes) is 17. The predicted molar refractivity (Wildman–Crippen MR) is 185 cm³/mol. The van der Waals surface area contributed by atoms with E-state index >= 15 is 0 Å². The SMILES string of the molecule is CCCCC/C=C\C/C=C\C/C=C\C/C=C\CCCCOC(=O)OCCCCCCCC/C=C/CCCCCCCC. The Bertz CT molecular complexity index is 686. The molecule has 0 aromatic heterocycles. The van der Waals surface area contributed by atoms with Crippen molar-refractivity contribution in [2.45, 2.75) is 168 Å². The molecule has 242 valence electrons. The summed E-state index contributed by atoms with van der Waals surface area (Å²) in [6, 6.07) is 0. The lowest BCUT2D eigenvalue weighted by Gasteiger charge is -2.06. The van der Waals surface area contributed by atoms with Crippen LogP contribution in [0.15, 0.2) is 60.8 Å². The molecule has 0 aliphatic rings. The van der Waals surface area contributed by atoms with E-state index in [1.165, 1.54) is 103 Å². The van der Waals surface area contributed by atoms with Gasteiger partial charge in [0.1, 0.15) is 0 Å². The maximum Gasteiger partial charge on any atom is 0.508 e. The van der Waals surface area contributed by atoms with Gasteiger partial charge in [0.25, 0.3) is 0 Å². The standard InChI is InChI=1S/C39H68O3/c1-3-5-7-9-11-13-15-17-19-21-22-24-26-28-30-32-34-36-38-42-39(40)41-37-35-33-31-29-27-25-23-20-18-16-14-12-10-8-6-4-2/h11,13,17-20,22,24,28,30H,3-10,12,14-16,21,23,25-27,29,31-38H2,1-2H3/b13-11-,19-17-,20-18+,24-22-,30-28-. The number of ether oxygens (including phenoxy) is 2. The van der Waals surface area contributed by atoms with Crippen molar-refractivity contribution in [3.05, 3.63) is 60.8 Å². The highest BCUT2D eigenvalue weighted by Gasteiger charge is 2.02. The molecule has 0 N–H and O–H groups in total. The van der Waals surface area contributed by atoms with Crippen molar-refractivity contribution in [3.63, 3.8) is 0 Å². The lowest BCUT2D eigenvalue weighted by molar-refractivity contribution is 0.0530. The van der Waals surface area contributed by atoms with Gasteiger partial charge in [0, 0.05) is 0 Å².